The fraction of sp³-hybridized carbons (Fsp3) is 0.0769. The van der Waals surface area contributed by atoms with Crippen molar-refractivity contribution in [2.24, 2.45) is 0 Å². The predicted molar refractivity (Wildman–Crippen MR) is 121 cm³/mol. The molecule has 0 saturated carbocycles. The van der Waals surface area contributed by atoms with Crippen molar-refractivity contribution in [1.29, 1.82) is 0 Å². The summed E-state index contributed by atoms with van der Waals surface area (Å²) in [5.74, 6) is 0.140. The molecule has 5 heteroatoms. The van der Waals surface area contributed by atoms with E-state index >= 15 is 0 Å². The van der Waals surface area contributed by atoms with Gasteiger partial charge in [-0.2, -0.15) is 0 Å². The van der Waals surface area contributed by atoms with Crippen LogP contribution in [0.3, 0.4) is 0 Å². The lowest BCUT2D eigenvalue weighted by atomic mass is 10.0. The number of hydrogen-bond donors (Lipinski definition) is 0. The zero-order valence-corrected chi connectivity index (χ0v) is 17.4. The maximum atomic E-state index is 11.6. The fourth-order valence-corrected chi connectivity index (χ4v) is 2.68. The first-order valence-corrected chi connectivity index (χ1v) is 9.53. The molecule has 0 N–H and O–H groups in total. The van der Waals surface area contributed by atoms with Gasteiger partial charge in [0.25, 0.3) is 0 Å². The molecule has 0 radical (unpaired) electrons. The van der Waals surface area contributed by atoms with Crippen molar-refractivity contribution < 1.29 is 23.8 Å². The monoisotopic (exact) mass is 414 g/mol. The number of rotatable bonds is 7. The summed E-state index contributed by atoms with van der Waals surface area (Å²) < 4.78 is 15.6. The minimum absolute atomic E-state index is 0.314. The van der Waals surface area contributed by atoms with Crippen LogP contribution in [0.2, 0.25) is 0 Å². The third kappa shape index (κ3) is 5.70. The first kappa shape index (κ1) is 21.6. The van der Waals surface area contributed by atoms with E-state index in [1.54, 1.807) is 26.0 Å². The minimum Gasteiger partial charge on any atom is -0.462 e. The molecule has 3 rings (SSSR count). The molecule has 156 valence electrons. The van der Waals surface area contributed by atoms with Gasteiger partial charge in [0.1, 0.15) is 24.0 Å². The van der Waals surface area contributed by atoms with E-state index in [4.69, 9.17) is 14.2 Å². The number of esters is 2. The van der Waals surface area contributed by atoms with Gasteiger partial charge in [0.2, 0.25) is 0 Å². The van der Waals surface area contributed by atoms with Gasteiger partial charge in [-0.1, -0.05) is 43.5 Å². The predicted octanol–water partition coefficient (Wildman–Crippen LogP) is 5.96. The molecule has 0 aromatic heterocycles. The fourth-order valence-electron chi connectivity index (χ4n) is 2.68. The highest BCUT2D eigenvalue weighted by Gasteiger charge is 2.06. The summed E-state index contributed by atoms with van der Waals surface area (Å²) in [6.07, 6.45) is 2.49. The van der Waals surface area contributed by atoms with E-state index in [-0.39, 0.29) is 0 Å². The highest BCUT2D eigenvalue weighted by Crippen LogP contribution is 2.28. The van der Waals surface area contributed by atoms with Gasteiger partial charge < -0.3 is 14.2 Å². The van der Waals surface area contributed by atoms with Crippen LogP contribution in [0.15, 0.2) is 97.5 Å². The molecule has 0 aliphatic rings. The molecule has 3 aromatic rings. The molecule has 0 unspecified atom stereocenters. The number of hydrogen-bond acceptors (Lipinski definition) is 5. The molecule has 0 heterocycles. The third-order valence-corrected chi connectivity index (χ3v) is 4.34. The topological polar surface area (TPSA) is 61.8 Å². The Bertz CT molecular complexity index is 1190. The Labute approximate surface area is 180 Å². The van der Waals surface area contributed by atoms with Crippen LogP contribution in [0.4, 0.5) is 0 Å². The minimum atomic E-state index is -0.507. The third-order valence-electron chi connectivity index (χ3n) is 4.34. The van der Waals surface area contributed by atoms with E-state index in [1.165, 1.54) is 12.5 Å². The van der Waals surface area contributed by atoms with Crippen LogP contribution in [-0.2, 0) is 14.3 Å². The van der Waals surface area contributed by atoms with E-state index in [0.29, 0.717) is 22.6 Å². The molecule has 31 heavy (non-hydrogen) atoms. The summed E-state index contributed by atoms with van der Waals surface area (Å²) in [5.41, 5.74) is 2.70. The number of ether oxygens (including phenoxy) is 3. The Kier molecular flexibility index (Phi) is 6.67. The van der Waals surface area contributed by atoms with Gasteiger partial charge in [-0.3, -0.25) is 0 Å². The molecule has 0 aliphatic heterocycles. The van der Waals surface area contributed by atoms with Crippen LogP contribution in [0.25, 0.3) is 21.9 Å². The second kappa shape index (κ2) is 9.59. The highest BCUT2D eigenvalue weighted by molar-refractivity contribution is 5.90. The number of benzene rings is 3. The van der Waals surface area contributed by atoms with Crippen molar-refractivity contribution in [2.75, 3.05) is 0 Å². The molecule has 0 spiro atoms. The van der Waals surface area contributed by atoms with Gasteiger partial charge in [0.05, 0.1) is 0 Å². The molecule has 0 saturated heterocycles. The van der Waals surface area contributed by atoms with Gasteiger partial charge in [-0.05, 0) is 66.1 Å². The summed E-state index contributed by atoms with van der Waals surface area (Å²) in [6.45, 7) is 10.3. The number of fused-ring (bicyclic) bond motifs is 1. The van der Waals surface area contributed by atoms with E-state index < -0.39 is 11.9 Å². The van der Waals surface area contributed by atoms with E-state index in [0.717, 1.165) is 21.9 Å². The summed E-state index contributed by atoms with van der Waals surface area (Å²) >= 11 is 0. The summed E-state index contributed by atoms with van der Waals surface area (Å²) in [5, 5.41) is 2.04. The van der Waals surface area contributed by atoms with E-state index in [9.17, 15) is 9.59 Å². The van der Waals surface area contributed by atoms with Crippen molar-refractivity contribution in [3.05, 3.63) is 97.5 Å². The second-order valence-corrected chi connectivity index (χ2v) is 6.99. The van der Waals surface area contributed by atoms with Crippen LogP contribution in [0.1, 0.15) is 13.8 Å². The highest BCUT2D eigenvalue weighted by atomic mass is 16.5. The standard InChI is InChI=1S/C26H22O5/c1-17(2)25(27)30-14-13-29-24-12-9-21-15-20(5-6-22(21)16-24)19-7-10-23(11-8-19)31-26(28)18(3)4/h5-16H,1,3H2,2,4H3. The first-order valence-electron chi connectivity index (χ1n) is 9.53. The van der Waals surface area contributed by atoms with E-state index in [1.807, 2.05) is 42.5 Å². The molecule has 5 nitrogen and oxygen atoms in total. The van der Waals surface area contributed by atoms with Crippen LogP contribution < -0.4 is 9.47 Å². The normalized spacial score (nSPS) is 10.6. The molecular weight excluding hydrogens is 392 g/mol. The Hall–Kier alpha value is -4.12. The average molecular weight is 414 g/mol. The maximum absolute atomic E-state index is 11.6. The lowest BCUT2D eigenvalue weighted by Crippen LogP contribution is -2.07. The van der Waals surface area contributed by atoms with Gasteiger partial charge >= 0.3 is 11.9 Å². The summed E-state index contributed by atoms with van der Waals surface area (Å²) in [6, 6.07) is 19.1. The largest absolute Gasteiger partial charge is 0.462 e. The smallest absolute Gasteiger partial charge is 0.338 e. The quantitative estimate of drug-likeness (QED) is 0.207. The Morgan fingerprint density at radius 1 is 0.710 bits per heavy atom. The van der Waals surface area contributed by atoms with Gasteiger partial charge in [0.15, 0.2) is 0 Å². The molecule has 0 aliphatic carbocycles. The van der Waals surface area contributed by atoms with E-state index in [2.05, 4.69) is 19.2 Å². The van der Waals surface area contributed by atoms with Gasteiger partial charge in [0, 0.05) is 11.1 Å². The maximum Gasteiger partial charge on any atom is 0.338 e. The van der Waals surface area contributed by atoms with Gasteiger partial charge in [-0.15, -0.1) is 0 Å². The number of carbonyl (C=O) groups excluding carboxylic acids is 2. The van der Waals surface area contributed by atoms with Crippen LogP contribution in [0.5, 0.6) is 11.5 Å². The zero-order chi connectivity index (χ0) is 22.4. The van der Waals surface area contributed by atoms with Crippen molar-refractivity contribution in [1.82, 2.24) is 0 Å². The van der Waals surface area contributed by atoms with Crippen molar-refractivity contribution >= 4 is 22.7 Å². The average Bonchev–Trinajstić information content (AvgIpc) is 2.76. The zero-order valence-electron chi connectivity index (χ0n) is 17.4. The Morgan fingerprint density at radius 3 is 1.97 bits per heavy atom. The second-order valence-electron chi connectivity index (χ2n) is 6.99. The molecular formula is C26H22O5. The molecule has 0 atom stereocenters. The Balaban J connectivity index is 1.70. The Morgan fingerprint density at radius 2 is 1.29 bits per heavy atom. The lowest BCUT2D eigenvalue weighted by Gasteiger charge is -2.08. The van der Waals surface area contributed by atoms with Crippen molar-refractivity contribution in [3.8, 4) is 22.6 Å². The SMILES string of the molecule is C=C(C)C(=O)OC=COc1ccc2cc(-c3ccc(OC(=O)C(=C)C)cc3)ccc2c1. The molecule has 0 bridgehead atoms. The number of carbonyl (C=O) groups is 2. The van der Waals surface area contributed by atoms with Crippen LogP contribution in [0, 0.1) is 0 Å². The van der Waals surface area contributed by atoms with Crippen molar-refractivity contribution in [3.63, 3.8) is 0 Å². The van der Waals surface area contributed by atoms with Crippen LogP contribution >= 0.6 is 0 Å². The lowest BCUT2D eigenvalue weighted by molar-refractivity contribution is -0.133. The summed E-state index contributed by atoms with van der Waals surface area (Å²) in [4.78, 5) is 22.9. The molecule has 0 amide bonds. The molecule has 3 aromatic carbocycles. The summed E-state index contributed by atoms with van der Waals surface area (Å²) in [7, 11) is 0. The van der Waals surface area contributed by atoms with Crippen LogP contribution in [-0.4, -0.2) is 11.9 Å². The first-order chi connectivity index (χ1) is 14.8. The van der Waals surface area contributed by atoms with Crippen molar-refractivity contribution in [2.45, 2.75) is 13.8 Å². The van der Waals surface area contributed by atoms with Gasteiger partial charge in [-0.25, -0.2) is 9.59 Å². The molecule has 0 fully saturated rings.